The number of rotatable bonds is 5. The molecule has 2 rings (SSSR count). The van der Waals surface area contributed by atoms with Crippen LogP contribution in [0.4, 0.5) is 4.79 Å². The molecule has 0 spiro atoms. The zero-order chi connectivity index (χ0) is 12.8. The van der Waals surface area contributed by atoms with Crippen molar-refractivity contribution < 1.29 is 9.53 Å². The summed E-state index contributed by atoms with van der Waals surface area (Å²) in [5, 5.41) is 3.12. The average molecular weight is 248 g/mol. The van der Waals surface area contributed by atoms with Crippen molar-refractivity contribution in [1.82, 2.24) is 10.2 Å². The first-order chi connectivity index (χ1) is 8.79. The van der Waals surface area contributed by atoms with Crippen LogP contribution in [0.5, 0.6) is 0 Å². The van der Waals surface area contributed by atoms with E-state index in [0.29, 0.717) is 12.5 Å². The summed E-state index contributed by atoms with van der Waals surface area (Å²) < 4.78 is 5.26. The third kappa shape index (κ3) is 3.47. The van der Waals surface area contributed by atoms with Crippen LogP contribution >= 0.6 is 0 Å². The van der Waals surface area contributed by atoms with Gasteiger partial charge in [0.15, 0.2) is 0 Å². The lowest BCUT2D eigenvalue weighted by Crippen LogP contribution is -2.50. The van der Waals surface area contributed by atoms with Crippen LogP contribution in [0.1, 0.15) is 12.0 Å². The molecule has 98 valence electrons. The average Bonchev–Trinajstić information content (AvgIpc) is 2.36. The molecule has 1 heterocycles. The second-order valence-corrected chi connectivity index (χ2v) is 4.70. The Morgan fingerprint density at radius 2 is 2.11 bits per heavy atom. The van der Waals surface area contributed by atoms with E-state index in [1.165, 1.54) is 0 Å². The Morgan fingerprint density at radius 1 is 1.39 bits per heavy atom. The van der Waals surface area contributed by atoms with Gasteiger partial charge in [0.2, 0.25) is 0 Å². The summed E-state index contributed by atoms with van der Waals surface area (Å²) in [5.74, 6) is 0.627. The maximum Gasteiger partial charge on any atom is 0.410 e. The predicted molar refractivity (Wildman–Crippen MR) is 70.2 cm³/mol. The smallest absolute Gasteiger partial charge is 0.410 e. The summed E-state index contributed by atoms with van der Waals surface area (Å²) in [5.41, 5.74) is 1.03. The van der Waals surface area contributed by atoms with Gasteiger partial charge in [0.25, 0.3) is 0 Å². The molecule has 0 radical (unpaired) electrons. The lowest BCUT2D eigenvalue weighted by atomic mass is 9.97. The first-order valence-electron chi connectivity index (χ1n) is 6.40. The van der Waals surface area contributed by atoms with Crippen LogP contribution in [0.15, 0.2) is 30.3 Å². The minimum Gasteiger partial charge on any atom is -0.445 e. The highest BCUT2D eigenvalue weighted by Crippen LogP contribution is 2.19. The standard InChI is InChI=1S/C14H20N2O2/c1-15-8-7-13-9-16(10-13)14(17)18-11-12-5-3-2-4-6-12/h2-6,13,15H,7-11H2,1H3. The van der Waals surface area contributed by atoms with Gasteiger partial charge >= 0.3 is 6.09 Å². The van der Waals surface area contributed by atoms with Crippen LogP contribution < -0.4 is 5.32 Å². The Kier molecular flexibility index (Phi) is 4.59. The van der Waals surface area contributed by atoms with Gasteiger partial charge in [-0.2, -0.15) is 0 Å². The summed E-state index contributed by atoms with van der Waals surface area (Å²) in [6, 6.07) is 9.76. The van der Waals surface area contributed by atoms with Gasteiger partial charge in [-0.05, 0) is 31.5 Å². The topological polar surface area (TPSA) is 41.6 Å². The fourth-order valence-corrected chi connectivity index (χ4v) is 2.06. The normalized spacial score (nSPS) is 15.3. The van der Waals surface area contributed by atoms with Crippen molar-refractivity contribution in [3.63, 3.8) is 0 Å². The minimum absolute atomic E-state index is 0.195. The van der Waals surface area contributed by atoms with Gasteiger partial charge in [-0.3, -0.25) is 0 Å². The van der Waals surface area contributed by atoms with Crippen molar-refractivity contribution in [3.05, 3.63) is 35.9 Å². The first kappa shape index (κ1) is 12.9. The van der Waals surface area contributed by atoms with Crippen molar-refractivity contribution in [1.29, 1.82) is 0 Å². The molecule has 18 heavy (non-hydrogen) atoms. The molecule has 1 N–H and O–H groups in total. The molecule has 0 aromatic heterocycles. The third-order valence-electron chi connectivity index (χ3n) is 3.22. The number of carbonyl (C=O) groups is 1. The Hall–Kier alpha value is -1.55. The van der Waals surface area contributed by atoms with E-state index in [-0.39, 0.29) is 6.09 Å². The van der Waals surface area contributed by atoms with E-state index in [1.54, 1.807) is 4.90 Å². The Balaban J connectivity index is 1.65. The number of ether oxygens (including phenoxy) is 1. The molecule has 0 aliphatic carbocycles. The molecule has 1 saturated heterocycles. The predicted octanol–water partition coefficient (Wildman–Crippen LogP) is 1.86. The van der Waals surface area contributed by atoms with E-state index in [9.17, 15) is 4.79 Å². The Labute approximate surface area is 108 Å². The second-order valence-electron chi connectivity index (χ2n) is 4.70. The van der Waals surface area contributed by atoms with Crippen molar-refractivity contribution in [3.8, 4) is 0 Å². The van der Waals surface area contributed by atoms with E-state index < -0.39 is 0 Å². The highest BCUT2D eigenvalue weighted by Gasteiger charge is 2.30. The molecule has 0 atom stereocenters. The van der Waals surface area contributed by atoms with Crippen molar-refractivity contribution in [2.75, 3.05) is 26.7 Å². The lowest BCUT2D eigenvalue weighted by Gasteiger charge is -2.38. The van der Waals surface area contributed by atoms with Gasteiger partial charge in [-0.1, -0.05) is 30.3 Å². The number of hydrogen-bond donors (Lipinski definition) is 1. The quantitative estimate of drug-likeness (QED) is 0.865. The lowest BCUT2D eigenvalue weighted by molar-refractivity contribution is 0.0474. The molecule has 1 aliphatic heterocycles. The molecule has 0 bridgehead atoms. The Morgan fingerprint density at radius 3 is 2.78 bits per heavy atom. The number of nitrogens with zero attached hydrogens (tertiary/aromatic N) is 1. The van der Waals surface area contributed by atoms with Crippen LogP contribution in [0.2, 0.25) is 0 Å². The SMILES string of the molecule is CNCCC1CN(C(=O)OCc2ccccc2)C1. The molecular formula is C14H20N2O2. The van der Waals surface area contributed by atoms with Crippen LogP contribution in [0, 0.1) is 5.92 Å². The Bertz CT molecular complexity index is 375. The van der Waals surface area contributed by atoms with Crippen molar-refractivity contribution in [2.45, 2.75) is 13.0 Å². The van der Waals surface area contributed by atoms with E-state index in [0.717, 1.165) is 31.6 Å². The molecule has 1 amide bonds. The number of hydrogen-bond acceptors (Lipinski definition) is 3. The third-order valence-corrected chi connectivity index (χ3v) is 3.22. The van der Waals surface area contributed by atoms with Crippen molar-refractivity contribution in [2.24, 2.45) is 5.92 Å². The molecule has 1 aromatic carbocycles. The molecular weight excluding hydrogens is 228 g/mol. The summed E-state index contributed by atoms with van der Waals surface area (Å²) in [6.07, 6.45) is 0.929. The molecule has 4 heteroatoms. The minimum atomic E-state index is -0.195. The molecule has 4 nitrogen and oxygen atoms in total. The van der Waals surface area contributed by atoms with Crippen LogP contribution in [-0.2, 0) is 11.3 Å². The van der Waals surface area contributed by atoms with E-state index in [4.69, 9.17) is 4.74 Å². The number of amides is 1. The second kappa shape index (κ2) is 6.40. The zero-order valence-corrected chi connectivity index (χ0v) is 10.8. The molecule has 1 aromatic rings. The van der Waals surface area contributed by atoms with E-state index >= 15 is 0 Å². The van der Waals surface area contributed by atoms with E-state index in [2.05, 4.69) is 5.32 Å². The number of nitrogens with one attached hydrogen (secondary N) is 1. The van der Waals surface area contributed by atoms with Gasteiger partial charge in [0.1, 0.15) is 6.61 Å². The van der Waals surface area contributed by atoms with Crippen LogP contribution in [0.3, 0.4) is 0 Å². The fourth-order valence-electron chi connectivity index (χ4n) is 2.06. The van der Waals surface area contributed by atoms with Crippen LogP contribution in [-0.4, -0.2) is 37.7 Å². The molecule has 1 aliphatic rings. The maximum absolute atomic E-state index is 11.7. The monoisotopic (exact) mass is 248 g/mol. The maximum atomic E-state index is 11.7. The van der Waals surface area contributed by atoms with Gasteiger partial charge in [-0.15, -0.1) is 0 Å². The highest BCUT2D eigenvalue weighted by molar-refractivity contribution is 5.68. The van der Waals surface area contributed by atoms with Gasteiger partial charge in [0, 0.05) is 13.1 Å². The summed E-state index contributed by atoms with van der Waals surface area (Å²) in [6.45, 7) is 3.03. The zero-order valence-electron chi connectivity index (χ0n) is 10.8. The highest BCUT2D eigenvalue weighted by atomic mass is 16.6. The molecule has 0 saturated carbocycles. The summed E-state index contributed by atoms with van der Waals surface area (Å²) in [4.78, 5) is 13.5. The van der Waals surface area contributed by atoms with Gasteiger partial charge in [-0.25, -0.2) is 4.79 Å². The van der Waals surface area contributed by atoms with Crippen molar-refractivity contribution >= 4 is 6.09 Å². The molecule has 0 unspecified atom stereocenters. The number of benzene rings is 1. The summed E-state index contributed by atoms with van der Waals surface area (Å²) >= 11 is 0. The number of likely N-dealkylation sites (tertiary alicyclic amines) is 1. The largest absolute Gasteiger partial charge is 0.445 e. The molecule has 1 fully saturated rings. The summed E-state index contributed by atoms with van der Waals surface area (Å²) in [7, 11) is 1.95. The van der Waals surface area contributed by atoms with E-state index in [1.807, 2.05) is 37.4 Å². The van der Waals surface area contributed by atoms with Gasteiger partial charge < -0.3 is 15.0 Å². The number of carbonyl (C=O) groups excluding carboxylic acids is 1. The van der Waals surface area contributed by atoms with Crippen LogP contribution in [0.25, 0.3) is 0 Å². The first-order valence-corrected chi connectivity index (χ1v) is 6.40. The van der Waals surface area contributed by atoms with Gasteiger partial charge in [0.05, 0.1) is 0 Å². The fraction of sp³-hybridized carbons (Fsp3) is 0.500.